The van der Waals surface area contributed by atoms with E-state index in [0.717, 1.165) is 37.2 Å². The van der Waals surface area contributed by atoms with Gasteiger partial charge in [-0.15, -0.1) is 0 Å². The van der Waals surface area contributed by atoms with Crippen molar-refractivity contribution >= 4 is 91.4 Å². The number of hydrogen-bond donors (Lipinski definition) is 5. The van der Waals surface area contributed by atoms with Gasteiger partial charge in [0.1, 0.15) is 30.3 Å². The molecule has 3 aromatic carbocycles. The van der Waals surface area contributed by atoms with Crippen LogP contribution in [0.1, 0.15) is 56.1 Å². The second-order valence-electron chi connectivity index (χ2n) is 17.8. The third kappa shape index (κ3) is 10.5. The zero-order chi connectivity index (χ0) is 48.4. The number of amides is 3. The van der Waals surface area contributed by atoms with Crippen LogP contribution in [0.3, 0.4) is 0 Å². The lowest BCUT2D eigenvalue weighted by Crippen LogP contribution is -2.45. The Morgan fingerprint density at radius 1 is 0.941 bits per heavy atom. The molecule has 2 aromatic heterocycles. The molecule has 360 valence electrons. The van der Waals surface area contributed by atoms with Gasteiger partial charge < -0.3 is 40.4 Å². The van der Waals surface area contributed by atoms with E-state index in [1.807, 2.05) is 19.1 Å². The van der Waals surface area contributed by atoms with Crippen molar-refractivity contribution in [2.24, 2.45) is 13.0 Å². The summed E-state index contributed by atoms with van der Waals surface area (Å²) in [6.45, 7) is 11.1. The first-order valence-electron chi connectivity index (χ1n) is 22.7. The average molecular weight is 1020 g/mol. The molecule has 5 aromatic rings. The van der Waals surface area contributed by atoms with Crippen molar-refractivity contribution in [2.45, 2.75) is 57.9 Å². The number of halogens is 3. The number of aromatic nitrogens is 4. The number of carbonyl (C=O) groups is 3. The molecule has 3 saturated heterocycles. The summed E-state index contributed by atoms with van der Waals surface area (Å²) in [7, 11) is -1.34. The maximum Gasteiger partial charge on any atom is 0.274 e. The van der Waals surface area contributed by atoms with E-state index in [1.165, 1.54) is 16.8 Å². The zero-order valence-corrected chi connectivity index (χ0v) is 41.0. The number of nitrogens with zero attached hydrogens (tertiary/aromatic N) is 6. The number of anilines is 6. The maximum absolute atomic E-state index is 15.2. The van der Waals surface area contributed by atoms with Crippen LogP contribution in [0.4, 0.5) is 43.3 Å². The number of ether oxygens (including phenoxy) is 1. The van der Waals surface area contributed by atoms with Gasteiger partial charge in [-0.2, -0.15) is 10.1 Å². The summed E-state index contributed by atoms with van der Waals surface area (Å²) in [5.74, 6) is -3.00. The molecule has 5 N–H and O–H groups in total. The first kappa shape index (κ1) is 48.5. The molecule has 0 radical (unpaired) electrons. The Kier molecular flexibility index (Phi) is 14.5. The lowest BCUT2D eigenvalue weighted by atomic mass is 9.89. The number of nitrogens with one attached hydrogen (secondary N) is 5. The van der Waals surface area contributed by atoms with Gasteiger partial charge in [-0.3, -0.25) is 24.5 Å². The van der Waals surface area contributed by atoms with Crippen molar-refractivity contribution in [3.8, 4) is 5.75 Å². The van der Waals surface area contributed by atoms with Crippen molar-refractivity contribution in [1.29, 1.82) is 0 Å². The Balaban J connectivity index is 0.834. The molecule has 17 nitrogen and oxygen atoms in total. The Labute approximate surface area is 400 Å². The Morgan fingerprint density at radius 2 is 1.68 bits per heavy atom. The highest BCUT2D eigenvalue weighted by atomic mass is 79.9. The van der Waals surface area contributed by atoms with Gasteiger partial charge in [0.2, 0.25) is 23.7 Å². The topological polar surface area (TPSA) is 205 Å². The molecular formula is C47H55BrF2N11O6P. The molecule has 2 atom stereocenters. The van der Waals surface area contributed by atoms with Crippen LogP contribution in [0, 0.1) is 24.5 Å². The zero-order valence-electron chi connectivity index (χ0n) is 38.6. The van der Waals surface area contributed by atoms with E-state index in [9.17, 15) is 23.7 Å². The first-order chi connectivity index (χ1) is 32.5. The second-order valence-corrected chi connectivity index (χ2v) is 21.8. The predicted octanol–water partition coefficient (Wildman–Crippen LogP) is 5.93. The molecule has 3 aliphatic rings. The van der Waals surface area contributed by atoms with Crippen molar-refractivity contribution in [2.75, 3.05) is 79.6 Å². The Morgan fingerprint density at radius 3 is 2.38 bits per heavy atom. The third-order valence-corrected chi connectivity index (χ3v) is 14.9. The van der Waals surface area contributed by atoms with Gasteiger partial charge in [0.25, 0.3) is 5.56 Å². The standard InChI is InChI=1S/C47H55BrF2N11O6P/c1-6-67-39-22-38(26(2)19-37(39)56-47-53-24-33(48)43(58-47)55-36-9-7-30-32(42(36)68(4,5)66)23-54-59(3)46(30)65)60-17-12-28(13-18-60)51-14-15-52-44(63)27-11-16-61(25-27)29-20-34(49)41(35(50)21-29)31-8-10-40(62)57-45(31)64/h7,9,19-24,27-28,31,51H,6,8,10-18,25H2,1-5H3,(H,52,63)(H,57,62,64)(H2,53,55,56,58)/t27-,31-/m1/s1. The van der Waals surface area contributed by atoms with Crippen molar-refractivity contribution in [3.63, 3.8) is 0 Å². The third-order valence-electron chi connectivity index (χ3n) is 12.8. The highest BCUT2D eigenvalue weighted by Crippen LogP contribution is 2.42. The summed E-state index contributed by atoms with van der Waals surface area (Å²) in [5.41, 5.74) is 3.01. The van der Waals surface area contributed by atoms with Gasteiger partial charge in [0, 0.05) is 98.7 Å². The van der Waals surface area contributed by atoms with Crippen LogP contribution < -0.4 is 52.0 Å². The summed E-state index contributed by atoms with van der Waals surface area (Å²) in [4.78, 5) is 63.2. The number of aryl methyl sites for hydroxylation is 2. The monoisotopic (exact) mass is 1020 g/mol. The Hall–Kier alpha value is -5.98. The minimum Gasteiger partial charge on any atom is -0.492 e. The minimum absolute atomic E-state index is 0.0157. The SMILES string of the molecule is CCOc1cc(N2CCC(NCCNC(=O)[C@@H]3CCN(c4cc(F)c([C@H]5CCC(=O)NC5=O)c(F)c4)C3)CC2)c(C)cc1Nc1ncc(Br)c(Nc2ccc3c(=O)n(C)ncc3c2P(C)(C)=O)n1. The molecular weight excluding hydrogens is 963 g/mol. The Bertz CT molecular complexity index is 2870. The number of fused-ring (bicyclic) bond motifs is 1. The van der Waals surface area contributed by atoms with Crippen LogP contribution in [0.2, 0.25) is 0 Å². The van der Waals surface area contributed by atoms with Crippen LogP contribution in [0.15, 0.2) is 58.1 Å². The molecule has 8 rings (SSSR count). The van der Waals surface area contributed by atoms with Gasteiger partial charge in [0.15, 0.2) is 0 Å². The van der Waals surface area contributed by atoms with Gasteiger partial charge in [-0.25, -0.2) is 18.4 Å². The highest BCUT2D eigenvalue weighted by Gasteiger charge is 2.35. The molecule has 68 heavy (non-hydrogen) atoms. The molecule has 3 fully saturated rings. The van der Waals surface area contributed by atoms with Gasteiger partial charge >= 0.3 is 0 Å². The van der Waals surface area contributed by atoms with E-state index in [-0.39, 0.29) is 41.8 Å². The maximum atomic E-state index is 15.2. The second kappa shape index (κ2) is 20.3. The van der Waals surface area contributed by atoms with Crippen molar-refractivity contribution in [1.82, 2.24) is 35.7 Å². The predicted molar refractivity (Wildman–Crippen MR) is 263 cm³/mol. The summed E-state index contributed by atoms with van der Waals surface area (Å²) in [5, 5.41) is 21.0. The molecule has 5 heterocycles. The number of carbonyl (C=O) groups excluding carboxylic acids is 3. The van der Waals surface area contributed by atoms with Gasteiger partial charge in [-0.1, -0.05) is 0 Å². The van der Waals surface area contributed by atoms with Crippen LogP contribution >= 0.6 is 23.1 Å². The van der Waals surface area contributed by atoms with Gasteiger partial charge in [0.05, 0.1) is 45.9 Å². The fourth-order valence-electron chi connectivity index (χ4n) is 9.33. The molecule has 0 aliphatic carbocycles. The molecule has 21 heteroatoms. The summed E-state index contributed by atoms with van der Waals surface area (Å²) >= 11 is 3.55. The number of hydrogen-bond acceptors (Lipinski definition) is 14. The molecule has 3 amide bonds. The van der Waals surface area contributed by atoms with Gasteiger partial charge in [-0.05, 0) is 105 Å². The lowest BCUT2D eigenvalue weighted by Gasteiger charge is -2.35. The van der Waals surface area contributed by atoms with Crippen molar-refractivity contribution in [3.05, 3.63) is 86.4 Å². The van der Waals surface area contributed by atoms with E-state index in [2.05, 4.69) is 64.4 Å². The van der Waals surface area contributed by atoms with E-state index >= 15 is 8.78 Å². The number of piperidine rings is 2. The average Bonchev–Trinajstić information content (AvgIpc) is 3.80. The van der Waals surface area contributed by atoms with E-state index in [1.54, 1.807) is 49.8 Å². The largest absolute Gasteiger partial charge is 0.492 e. The normalized spacial score (nSPS) is 17.9. The summed E-state index contributed by atoms with van der Waals surface area (Å²) in [6.07, 6.45) is 5.57. The van der Waals surface area contributed by atoms with E-state index < -0.39 is 36.5 Å². The highest BCUT2D eigenvalue weighted by molar-refractivity contribution is 9.10. The molecule has 0 saturated carbocycles. The minimum atomic E-state index is -2.92. The van der Waals surface area contributed by atoms with Crippen LogP contribution in [-0.4, -0.2) is 103 Å². The quantitative estimate of drug-likeness (QED) is 0.0469. The molecule has 0 spiro atoms. The molecule has 0 unspecified atom stereocenters. The fourth-order valence-corrected chi connectivity index (χ4v) is 11.1. The molecule has 0 bridgehead atoms. The number of benzene rings is 3. The van der Waals surface area contributed by atoms with Crippen LogP contribution in [-0.2, 0) is 26.0 Å². The van der Waals surface area contributed by atoms with Crippen LogP contribution in [0.5, 0.6) is 5.75 Å². The van der Waals surface area contributed by atoms with Crippen molar-refractivity contribution < 1.29 is 32.5 Å². The molecule has 3 aliphatic heterocycles. The lowest BCUT2D eigenvalue weighted by molar-refractivity contribution is -0.134. The first-order valence-corrected chi connectivity index (χ1v) is 26.1. The van der Waals surface area contributed by atoms with Crippen LogP contribution in [0.25, 0.3) is 10.8 Å². The fraction of sp³-hybridized carbons (Fsp3) is 0.426. The summed E-state index contributed by atoms with van der Waals surface area (Å²) < 4.78 is 51.9. The number of rotatable bonds is 15. The summed E-state index contributed by atoms with van der Waals surface area (Å²) in [6, 6.07) is 10.1. The van der Waals surface area contributed by atoms with E-state index in [4.69, 9.17) is 9.72 Å². The van der Waals surface area contributed by atoms with E-state index in [0.29, 0.717) is 94.3 Å². The number of imide groups is 1. The smallest absolute Gasteiger partial charge is 0.274 e.